The van der Waals surface area contributed by atoms with Crippen molar-refractivity contribution in [3.63, 3.8) is 0 Å². The lowest BCUT2D eigenvalue weighted by Gasteiger charge is -2.08. The number of urea groups is 1. The van der Waals surface area contributed by atoms with Crippen molar-refractivity contribution in [2.75, 3.05) is 6.54 Å². The van der Waals surface area contributed by atoms with E-state index in [9.17, 15) is 9.59 Å². The first-order valence-corrected chi connectivity index (χ1v) is 6.42. The van der Waals surface area contributed by atoms with E-state index < -0.39 is 5.97 Å². The standard InChI is InChI=1S/C12H14Cl2N2O3/c13-9-4-3-8(10(14)6-9)7-16-12(19)15-5-1-2-11(17)18/h3-4,6H,1-2,5,7H2,(H,17,18)(H2,15,16,19). The van der Waals surface area contributed by atoms with Gasteiger partial charge in [-0.05, 0) is 24.1 Å². The third kappa shape index (κ3) is 6.31. The lowest BCUT2D eigenvalue weighted by molar-refractivity contribution is -0.137. The molecular formula is C12H14Cl2N2O3. The molecule has 0 aliphatic rings. The number of hydrogen-bond acceptors (Lipinski definition) is 2. The molecule has 0 saturated heterocycles. The minimum Gasteiger partial charge on any atom is -0.481 e. The van der Waals surface area contributed by atoms with Crippen LogP contribution < -0.4 is 10.6 Å². The Morgan fingerprint density at radius 3 is 2.58 bits per heavy atom. The van der Waals surface area contributed by atoms with E-state index in [1.807, 2.05) is 0 Å². The number of carbonyl (C=O) groups is 2. The van der Waals surface area contributed by atoms with Gasteiger partial charge < -0.3 is 15.7 Å². The van der Waals surface area contributed by atoms with Crippen LogP contribution in [0.4, 0.5) is 4.79 Å². The van der Waals surface area contributed by atoms with Crippen LogP contribution in [-0.2, 0) is 11.3 Å². The highest BCUT2D eigenvalue weighted by molar-refractivity contribution is 6.35. The van der Waals surface area contributed by atoms with Gasteiger partial charge in [0.2, 0.25) is 0 Å². The van der Waals surface area contributed by atoms with Crippen molar-refractivity contribution in [2.45, 2.75) is 19.4 Å². The molecule has 1 aromatic carbocycles. The lowest BCUT2D eigenvalue weighted by atomic mass is 10.2. The van der Waals surface area contributed by atoms with Gasteiger partial charge in [0.15, 0.2) is 0 Å². The van der Waals surface area contributed by atoms with Crippen LogP contribution in [0.15, 0.2) is 18.2 Å². The van der Waals surface area contributed by atoms with E-state index in [1.54, 1.807) is 18.2 Å². The van der Waals surface area contributed by atoms with Gasteiger partial charge in [0.05, 0.1) is 0 Å². The summed E-state index contributed by atoms with van der Waals surface area (Å²) in [4.78, 5) is 21.7. The molecule has 0 spiro atoms. The van der Waals surface area contributed by atoms with Crippen molar-refractivity contribution >= 4 is 35.2 Å². The number of carboxylic acid groups (broad SMARTS) is 1. The SMILES string of the molecule is O=C(O)CCCNC(=O)NCc1ccc(Cl)cc1Cl. The highest BCUT2D eigenvalue weighted by Gasteiger charge is 2.04. The van der Waals surface area contributed by atoms with Crippen LogP contribution in [0, 0.1) is 0 Å². The minimum atomic E-state index is -0.879. The molecule has 0 radical (unpaired) electrons. The molecule has 0 aliphatic heterocycles. The molecule has 0 atom stereocenters. The molecule has 3 N–H and O–H groups in total. The number of nitrogens with one attached hydrogen (secondary N) is 2. The fraction of sp³-hybridized carbons (Fsp3) is 0.333. The third-order valence-electron chi connectivity index (χ3n) is 2.31. The first-order chi connectivity index (χ1) is 8.99. The summed E-state index contributed by atoms with van der Waals surface area (Å²) in [5, 5.41) is 14.6. The molecule has 5 nitrogen and oxygen atoms in total. The molecule has 7 heteroatoms. The van der Waals surface area contributed by atoms with E-state index in [0.717, 1.165) is 5.56 Å². The third-order valence-corrected chi connectivity index (χ3v) is 2.89. The monoisotopic (exact) mass is 304 g/mol. The fourth-order valence-electron chi connectivity index (χ4n) is 1.34. The Bertz CT molecular complexity index is 466. The quantitative estimate of drug-likeness (QED) is 0.707. The molecule has 0 aliphatic carbocycles. The molecule has 0 unspecified atom stereocenters. The maximum atomic E-state index is 11.4. The summed E-state index contributed by atoms with van der Waals surface area (Å²) in [6.07, 6.45) is 0.424. The largest absolute Gasteiger partial charge is 0.481 e. The van der Waals surface area contributed by atoms with Crippen LogP contribution in [0.1, 0.15) is 18.4 Å². The highest BCUT2D eigenvalue weighted by Crippen LogP contribution is 2.20. The summed E-state index contributed by atoms with van der Waals surface area (Å²) in [6.45, 7) is 0.591. The van der Waals surface area contributed by atoms with E-state index >= 15 is 0 Å². The number of hydrogen-bond donors (Lipinski definition) is 3. The summed E-state index contributed by atoms with van der Waals surface area (Å²) < 4.78 is 0. The molecule has 1 aromatic rings. The number of carbonyl (C=O) groups excluding carboxylic acids is 1. The van der Waals surface area contributed by atoms with Gasteiger partial charge in [0.1, 0.15) is 0 Å². The summed E-state index contributed by atoms with van der Waals surface area (Å²) in [7, 11) is 0. The van der Waals surface area contributed by atoms with Crippen LogP contribution in [0.3, 0.4) is 0 Å². The summed E-state index contributed by atoms with van der Waals surface area (Å²) in [5.74, 6) is -0.879. The van der Waals surface area contributed by atoms with Crippen molar-refractivity contribution in [1.29, 1.82) is 0 Å². The highest BCUT2D eigenvalue weighted by atomic mass is 35.5. The van der Waals surface area contributed by atoms with Gasteiger partial charge in [0.25, 0.3) is 0 Å². The number of amides is 2. The maximum Gasteiger partial charge on any atom is 0.315 e. The smallest absolute Gasteiger partial charge is 0.315 e. The van der Waals surface area contributed by atoms with Gasteiger partial charge in [-0.2, -0.15) is 0 Å². The number of halogens is 2. The van der Waals surface area contributed by atoms with Gasteiger partial charge in [-0.15, -0.1) is 0 Å². The first-order valence-electron chi connectivity index (χ1n) is 5.66. The zero-order valence-electron chi connectivity index (χ0n) is 10.1. The van der Waals surface area contributed by atoms with Crippen LogP contribution in [0.2, 0.25) is 10.0 Å². The molecule has 0 aromatic heterocycles. The van der Waals surface area contributed by atoms with Crippen LogP contribution in [-0.4, -0.2) is 23.7 Å². The second kappa shape index (κ2) is 7.86. The summed E-state index contributed by atoms with van der Waals surface area (Å²) in [5.41, 5.74) is 0.756. The van der Waals surface area contributed by atoms with Gasteiger partial charge in [0, 0.05) is 29.6 Å². The Morgan fingerprint density at radius 2 is 1.95 bits per heavy atom. The molecule has 0 saturated carbocycles. The van der Waals surface area contributed by atoms with E-state index in [0.29, 0.717) is 23.0 Å². The van der Waals surface area contributed by atoms with Gasteiger partial charge >= 0.3 is 12.0 Å². The van der Waals surface area contributed by atoms with Gasteiger partial charge in [-0.25, -0.2) is 4.79 Å². The van der Waals surface area contributed by atoms with E-state index in [1.165, 1.54) is 0 Å². The van der Waals surface area contributed by atoms with E-state index in [-0.39, 0.29) is 19.0 Å². The van der Waals surface area contributed by atoms with Gasteiger partial charge in [-0.1, -0.05) is 29.3 Å². The second-order valence-corrected chi connectivity index (χ2v) is 4.69. The lowest BCUT2D eigenvalue weighted by Crippen LogP contribution is -2.35. The topological polar surface area (TPSA) is 78.4 Å². The van der Waals surface area contributed by atoms with Crippen molar-refractivity contribution in [1.82, 2.24) is 10.6 Å². The zero-order valence-corrected chi connectivity index (χ0v) is 11.6. The van der Waals surface area contributed by atoms with Crippen molar-refractivity contribution in [3.05, 3.63) is 33.8 Å². The van der Waals surface area contributed by atoms with Crippen LogP contribution >= 0.6 is 23.2 Å². The molecule has 2 amide bonds. The number of benzene rings is 1. The predicted octanol–water partition coefficient (Wildman–Crippen LogP) is 2.66. The second-order valence-electron chi connectivity index (χ2n) is 3.84. The maximum absolute atomic E-state index is 11.4. The summed E-state index contributed by atoms with van der Waals surface area (Å²) in [6, 6.07) is 4.66. The van der Waals surface area contributed by atoms with E-state index in [2.05, 4.69) is 10.6 Å². The molecule has 104 valence electrons. The molecule has 0 bridgehead atoms. The van der Waals surface area contributed by atoms with E-state index in [4.69, 9.17) is 28.3 Å². The van der Waals surface area contributed by atoms with Crippen LogP contribution in [0.25, 0.3) is 0 Å². The normalized spacial score (nSPS) is 10.0. The Labute approximate surface area is 120 Å². The Morgan fingerprint density at radius 1 is 1.21 bits per heavy atom. The number of rotatable bonds is 6. The average Bonchev–Trinajstić information content (AvgIpc) is 2.33. The molecule has 19 heavy (non-hydrogen) atoms. The van der Waals surface area contributed by atoms with Crippen molar-refractivity contribution in [3.8, 4) is 0 Å². The summed E-state index contributed by atoms with van der Waals surface area (Å²) >= 11 is 11.7. The average molecular weight is 305 g/mol. The Hall–Kier alpha value is -1.46. The fourth-order valence-corrected chi connectivity index (χ4v) is 1.82. The van der Waals surface area contributed by atoms with Crippen LogP contribution in [0.5, 0.6) is 0 Å². The molecule has 1 rings (SSSR count). The van der Waals surface area contributed by atoms with Gasteiger partial charge in [-0.3, -0.25) is 4.79 Å². The molecule has 0 fully saturated rings. The zero-order chi connectivity index (χ0) is 14.3. The molecule has 0 heterocycles. The predicted molar refractivity (Wildman–Crippen MR) is 73.6 cm³/mol. The van der Waals surface area contributed by atoms with Crippen molar-refractivity contribution < 1.29 is 14.7 Å². The molecular weight excluding hydrogens is 291 g/mol. The van der Waals surface area contributed by atoms with Crippen molar-refractivity contribution in [2.24, 2.45) is 0 Å². The first kappa shape index (κ1) is 15.6. The minimum absolute atomic E-state index is 0.0310. The Balaban J connectivity index is 2.28. The number of carboxylic acids is 1. The number of aliphatic carboxylic acids is 1. The Kier molecular flexibility index (Phi) is 6.45.